The van der Waals surface area contributed by atoms with E-state index >= 15 is 0 Å². The number of nitrogen functional groups attached to an aromatic ring is 1. The van der Waals surface area contributed by atoms with Gasteiger partial charge in [0.2, 0.25) is 11.9 Å². The molecule has 0 spiro atoms. The van der Waals surface area contributed by atoms with Gasteiger partial charge in [0.1, 0.15) is 5.82 Å². The third kappa shape index (κ3) is 3.95. The molecule has 0 aliphatic rings. The van der Waals surface area contributed by atoms with Crippen molar-refractivity contribution in [3.8, 4) is 0 Å². The second-order valence-corrected chi connectivity index (χ2v) is 5.18. The minimum absolute atomic E-state index is 0.0950. The lowest BCUT2D eigenvalue weighted by Gasteiger charge is -2.08. The first kappa shape index (κ1) is 17.0. The molecule has 0 radical (unpaired) electrons. The van der Waals surface area contributed by atoms with Crippen molar-refractivity contribution in [1.82, 2.24) is 19.5 Å². The van der Waals surface area contributed by atoms with Crippen LogP contribution in [0.3, 0.4) is 0 Å². The van der Waals surface area contributed by atoms with E-state index in [4.69, 9.17) is 5.73 Å². The zero-order valence-corrected chi connectivity index (χ0v) is 13.2. The third-order valence-electron chi connectivity index (χ3n) is 3.29. The lowest BCUT2D eigenvalue weighted by Crippen LogP contribution is -2.21. The number of halogens is 1. The number of hydrogen-bond acceptors (Lipinski definition) is 8. The summed E-state index contributed by atoms with van der Waals surface area (Å²) in [5.41, 5.74) is 5.48. The molecule has 2 aromatic heterocycles. The molecular formula is C15H12FN7O3. The highest BCUT2D eigenvalue weighted by molar-refractivity contribution is 5.53. The Bertz CT molecular complexity index is 1020. The molecule has 1 aromatic carbocycles. The molecule has 3 aromatic rings. The van der Waals surface area contributed by atoms with Crippen molar-refractivity contribution >= 4 is 23.3 Å². The van der Waals surface area contributed by atoms with E-state index in [-0.39, 0.29) is 30.0 Å². The predicted molar refractivity (Wildman–Crippen MR) is 90.4 cm³/mol. The lowest BCUT2D eigenvalue weighted by molar-refractivity contribution is -0.385. The van der Waals surface area contributed by atoms with Gasteiger partial charge in [-0.2, -0.15) is 15.0 Å². The quantitative estimate of drug-likeness (QED) is 0.516. The number of rotatable bonds is 5. The summed E-state index contributed by atoms with van der Waals surface area (Å²) in [4.78, 5) is 34.1. The molecule has 0 aliphatic carbocycles. The van der Waals surface area contributed by atoms with Crippen molar-refractivity contribution in [2.75, 3.05) is 11.1 Å². The van der Waals surface area contributed by atoms with Gasteiger partial charge in [0.15, 0.2) is 5.82 Å². The molecular weight excluding hydrogens is 345 g/mol. The van der Waals surface area contributed by atoms with E-state index in [1.54, 1.807) is 0 Å². The largest absolute Gasteiger partial charge is 0.368 e. The molecule has 0 bridgehead atoms. The number of nitrogens with two attached hydrogens (primary N) is 1. The van der Waals surface area contributed by atoms with E-state index in [0.717, 1.165) is 22.9 Å². The monoisotopic (exact) mass is 357 g/mol. The Morgan fingerprint density at radius 1 is 1.15 bits per heavy atom. The fourth-order valence-electron chi connectivity index (χ4n) is 2.13. The molecule has 26 heavy (non-hydrogen) atoms. The Kier molecular flexibility index (Phi) is 4.51. The van der Waals surface area contributed by atoms with Crippen LogP contribution in [0.2, 0.25) is 0 Å². The molecule has 3 rings (SSSR count). The average molecular weight is 357 g/mol. The van der Waals surface area contributed by atoms with Crippen LogP contribution in [0.1, 0.15) is 5.82 Å². The first-order valence-corrected chi connectivity index (χ1v) is 7.28. The number of anilines is 3. The molecule has 2 heterocycles. The van der Waals surface area contributed by atoms with Crippen molar-refractivity contribution in [3.63, 3.8) is 0 Å². The van der Waals surface area contributed by atoms with Gasteiger partial charge in [-0.3, -0.25) is 14.9 Å². The van der Waals surface area contributed by atoms with E-state index in [0.29, 0.717) is 5.69 Å². The second-order valence-electron chi connectivity index (χ2n) is 5.18. The summed E-state index contributed by atoms with van der Waals surface area (Å²) in [6.45, 7) is -0.134. The lowest BCUT2D eigenvalue weighted by atomic mass is 10.3. The Labute approximate surface area is 145 Å². The standard InChI is InChI=1S/C15H12FN7O3/c16-9-1-3-10(4-2-9)18-15-20-12(19-14(17)21-15)8-22-7-11(23(25)26)5-6-13(22)24/h1-7H,8H2,(H3,17,18,19,20,21). The Balaban J connectivity index is 1.88. The number of aromatic nitrogens is 4. The van der Waals surface area contributed by atoms with Crippen molar-refractivity contribution in [2.24, 2.45) is 0 Å². The number of benzene rings is 1. The number of nitro groups is 1. The number of hydrogen-bond donors (Lipinski definition) is 2. The summed E-state index contributed by atoms with van der Waals surface area (Å²) in [6, 6.07) is 7.69. The molecule has 0 saturated carbocycles. The summed E-state index contributed by atoms with van der Waals surface area (Å²) in [5, 5.41) is 13.7. The molecule has 10 nitrogen and oxygen atoms in total. The molecule has 3 N–H and O–H groups in total. The molecule has 132 valence electrons. The fraction of sp³-hybridized carbons (Fsp3) is 0.0667. The minimum atomic E-state index is -0.612. The van der Waals surface area contributed by atoms with Gasteiger partial charge in [-0.25, -0.2) is 4.39 Å². The maximum absolute atomic E-state index is 13.0. The van der Waals surface area contributed by atoms with E-state index in [1.807, 2.05) is 0 Å². The third-order valence-corrected chi connectivity index (χ3v) is 3.29. The first-order chi connectivity index (χ1) is 12.4. The molecule has 0 fully saturated rings. The van der Waals surface area contributed by atoms with Crippen molar-refractivity contribution in [3.05, 3.63) is 74.7 Å². The Hall–Kier alpha value is -3.89. The minimum Gasteiger partial charge on any atom is -0.368 e. The summed E-state index contributed by atoms with van der Waals surface area (Å²) < 4.78 is 14.0. The molecule has 0 amide bonds. The van der Waals surface area contributed by atoms with Gasteiger partial charge < -0.3 is 15.6 Å². The predicted octanol–water partition coefficient (Wildman–Crippen LogP) is 1.45. The van der Waals surface area contributed by atoms with Gasteiger partial charge >= 0.3 is 0 Å². The highest BCUT2D eigenvalue weighted by atomic mass is 19.1. The topological polar surface area (TPSA) is 142 Å². The zero-order chi connectivity index (χ0) is 18.7. The SMILES string of the molecule is Nc1nc(Cn2cc([N+](=O)[O-])ccc2=O)nc(Nc2ccc(F)cc2)n1. The Morgan fingerprint density at radius 2 is 1.88 bits per heavy atom. The van der Waals surface area contributed by atoms with Gasteiger partial charge in [-0.1, -0.05) is 0 Å². The van der Waals surface area contributed by atoms with Gasteiger partial charge in [0.25, 0.3) is 11.2 Å². The first-order valence-electron chi connectivity index (χ1n) is 7.28. The zero-order valence-electron chi connectivity index (χ0n) is 13.2. The van der Waals surface area contributed by atoms with Crippen molar-refractivity contribution in [1.29, 1.82) is 0 Å². The summed E-state index contributed by atoms with van der Waals surface area (Å²) in [7, 11) is 0. The average Bonchev–Trinajstić information content (AvgIpc) is 2.58. The van der Waals surface area contributed by atoms with E-state index in [9.17, 15) is 19.3 Å². The highest BCUT2D eigenvalue weighted by Gasteiger charge is 2.11. The van der Waals surface area contributed by atoms with E-state index in [2.05, 4.69) is 20.3 Å². The fourth-order valence-corrected chi connectivity index (χ4v) is 2.13. The van der Waals surface area contributed by atoms with Crippen LogP contribution in [-0.2, 0) is 6.54 Å². The molecule has 11 heteroatoms. The number of nitrogens with one attached hydrogen (secondary N) is 1. The highest BCUT2D eigenvalue weighted by Crippen LogP contribution is 2.14. The van der Waals surface area contributed by atoms with Crippen LogP contribution >= 0.6 is 0 Å². The normalized spacial score (nSPS) is 10.5. The van der Waals surface area contributed by atoms with Crippen LogP contribution in [0.5, 0.6) is 0 Å². The van der Waals surface area contributed by atoms with Crippen LogP contribution in [0.15, 0.2) is 47.4 Å². The van der Waals surface area contributed by atoms with E-state index < -0.39 is 16.3 Å². The van der Waals surface area contributed by atoms with Crippen LogP contribution in [0, 0.1) is 15.9 Å². The van der Waals surface area contributed by atoms with E-state index in [1.165, 1.54) is 24.3 Å². The van der Waals surface area contributed by atoms with Gasteiger partial charge in [-0.15, -0.1) is 0 Å². The Morgan fingerprint density at radius 3 is 2.58 bits per heavy atom. The smallest absolute Gasteiger partial charge is 0.285 e. The molecule has 0 atom stereocenters. The number of nitrogens with zero attached hydrogens (tertiary/aromatic N) is 5. The maximum atomic E-state index is 13.0. The summed E-state index contributed by atoms with van der Waals surface area (Å²) in [6.07, 6.45) is 1.09. The molecule has 0 saturated heterocycles. The van der Waals surface area contributed by atoms with Gasteiger partial charge in [0.05, 0.1) is 17.7 Å². The van der Waals surface area contributed by atoms with Gasteiger partial charge in [-0.05, 0) is 24.3 Å². The van der Waals surface area contributed by atoms with Crippen LogP contribution < -0.4 is 16.6 Å². The van der Waals surface area contributed by atoms with Gasteiger partial charge in [0, 0.05) is 17.8 Å². The van der Waals surface area contributed by atoms with Crippen LogP contribution in [0.4, 0.5) is 27.7 Å². The summed E-state index contributed by atoms with van der Waals surface area (Å²) in [5.74, 6) is -0.267. The van der Waals surface area contributed by atoms with Crippen molar-refractivity contribution < 1.29 is 9.31 Å². The van der Waals surface area contributed by atoms with Crippen molar-refractivity contribution in [2.45, 2.75) is 6.54 Å². The molecule has 0 aliphatic heterocycles. The number of pyridine rings is 1. The molecule has 0 unspecified atom stereocenters. The van der Waals surface area contributed by atoms with Crippen LogP contribution in [0.25, 0.3) is 0 Å². The maximum Gasteiger partial charge on any atom is 0.285 e. The van der Waals surface area contributed by atoms with Crippen LogP contribution in [-0.4, -0.2) is 24.4 Å². The summed E-state index contributed by atoms with van der Waals surface area (Å²) >= 11 is 0. The second kappa shape index (κ2) is 6.93.